The predicted octanol–water partition coefficient (Wildman–Crippen LogP) is 2.00. The van der Waals surface area contributed by atoms with Crippen molar-refractivity contribution in [3.63, 3.8) is 0 Å². The molecule has 2 heterocycles. The van der Waals surface area contributed by atoms with Crippen LogP contribution in [-0.2, 0) is 9.53 Å². The van der Waals surface area contributed by atoms with Crippen LogP contribution in [0.3, 0.4) is 0 Å². The molecule has 138 valence electrons. The first-order valence-corrected chi connectivity index (χ1v) is 8.95. The smallest absolute Gasteiger partial charge is 0.338 e. The number of ether oxygens (including phenoxy) is 1. The summed E-state index contributed by atoms with van der Waals surface area (Å²) in [6.07, 6.45) is 4.69. The zero-order chi connectivity index (χ0) is 18.5. The van der Waals surface area contributed by atoms with E-state index in [0.29, 0.717) is 11.3 Å². The van der Waals surface area contributed by atoms with Gasteiger partial charge in [0.15, 0.2) is 6.10 Å². The number of piperidine rings is 1. The second kappa shape index (κ2) is 8.07. The molecule has 0 aliphatic carbocycles. The molecule has 1 aliphatic heterocycles. The molecule has 0 spiro atoms. The molecule has 3 rings (SSSR count). The number of carbonyl (C=O) groups is 2. The van der Waals surface area contributed by atoms with Crippen LogP contribution in [0, 0.1) is 0 Å². The number of tetrazole rings is 1. The fourth-order valence-corrected chi connectivity index (χ4v) is 3.28. The molecule has 1 aromatic carbocycles. The number of hydrogen-bond donors (Lipinski definition) is 0. The van der Waals surface area contributed by atoms with Crippen LogP contribution >= 0.6 is 0 Å². The first kappa shape index (κ1) is 18.0. The maximum absolute atomic E-state index is 12.7. The molecule has 0 saturated carbocycles. The summed E-state index contributed by atoms with van der Waals surface area (Å²) in [5.41, 5.74) is 0.994. The van der Waals surface area contributed by atoms with Gasteiger partial charge in [-0.3, -0.25) is 4.79 Å². The number of carbonyl (C=O) groups excluding carboxylic acids is 2. The lowest BCUT2D eigenvalue weighted by Crippen LogP contribution is -2.48. The molecule has 1 saturated heterocycles. The second-order valence-electron chi connectivity index (χ2n) is 6.44. The quantitative estimate of drug-likeness (QED) is 0.760. The predicted molar refractivity (Wildman–Crippen MR) is 93.7 cm³/mol. The van der Waals surface area contributed by atoms with E-state index in [2.05, 4.69) is 22.4 Å². The molecule has 1 aromatic heterocycles. The van der Waals surface area contributed by atoms with Crippen molar-refractivity contribution in [1.29, 1.82) is 0 Å². The first-order valence-electron chi connectivity index (χ1n) is 8.95. The van der Waals surface area contributed by atoms with Gasteiger partial charge in [0.1, 0.15) is 6.33 Å². The van der Waals surface area contributed by atoms with Crippen molar-refractivity contribution in [2.75, 3.05) is 6.54 Å². The fourth-order valence-electron chi connectivity index (χ4n) is 3.28. The van der Waals surface area contributed by atoms with Gasteiger partial charge < -0.3 is 9.64 Å². The Hall–Kier alpha value is -2.77. The van der Waals surface area contributed by atoms with Gasteiger partial charge in [0, 0.05) is 12.6 Å². The third-order valence-corrected chi connectivity index (χ3v) is 4.71. The topological polar surface area (TPSA) is 90.2 Å². The van der Waals surface area contributed by atoms with Crippen molar-refractivity contribution in [2.24, 2.45) is 0 Å². The molecule has 2 atom stereocenters. The molecule has 8 nitrogen and oxygen atoms in total. The zero-order valence-electron chi connectivity index (χ0n) is 15.0. The lowest BCUT2D eigenvalue weighted by molar-refractivity contribution is -0.143. The number of nitrogens with zero attached hydrogens (tertiary/aromatic N) is 5. The second-order valence-corrected chi connectivity index (χ2v) is 6.44. The summed E-state index contributed by atoms with van der Waals surface area (Å²) >= 11 is 0. The highest BCUT2D eigenvalue weighted by molar-refractivity contribution is 5.92. The monoisotopic (exact) mass is 357 g/mol. The Kier molecular flexibility index (Phi) is 5.60. The first-order chi connectivity index (χ1) is 12.6. The zero-order valence-corrected chi connectivity index (χ0v) is 15.0. The summed E-state index contributed by atoms with van der Waals surface area (Å²) in [6.45, 7) is 4.44. The Morgan fingerprint density at radius 1 is 1.35 bits per heavy atom. The van der Waals surface area contributed by atoms with Crippen molar-refractivity contribution in [3.8, 4) is 5.69 Å². The van der Waals surface area contributed by atoms with Gasteiger partial charge in [0.05, 0.1) is 11.3 Å². The molecule has 0 unspecified atom stereocenters. The number of hydrogen-bond acceptors (Lipinski definition) is 6. The molecule has 0 radical (unpaired) electrons. The summed E-state index contributed by atoms with van der Waals surface area (Å²) in [5, 5.41) is 11.0. The van der Waals surface area contributed by atoms with Crippen LogP contribution in [0.25, 0.3) is 5.69 Å². The summed E-state index contributed by atoms with van der Waals surface area (Å²) in [7, 11) is 0. The van der Waals surface area contributed by atoms with E-state index in [4.69, 9.17) is 4.74 Å². The average Bonchev–Trinajstić information content (AvgIpc) is 3.22. The molecular weight excluding hydrogens is 334 g/mol. The van der Waals surface area contributed by atoms with Gasteiger partial charge in [0.25, 0.3) is 5.91 Å². The van der Waals surface area contributed by atoms with Gasteiger partial charge in [-0.25, -0.2) is 9.48 Å². The minimum atomic E-state index is -0.814. The third-order valence-electron chi connectivity index (χ3n) is 4.71. The highest BCUT2D eigenvalue weighted by atomic mass is 16.5. The SMILES string of the molecule is CC[C@H]1CCCCN1C(=O)[C@@H](C)OC(=O)c1cccc(-n2cnnn2)c1. The van der Waals surface area contributed by atoms with Gasteiger partial charge >= 0.3 is 5.97 Å². The molecule has 0 N–H and O–H groups in total. The third kappa shape index (κ3) is 3.89. The van der Waals surface area contributed by atoms with Crippen molar-refractivity contribution >= 4 is 11.9 Å². The van der Waals surface area contributed by atoms with Crippen LogP contribution < -0.4 is 0 Å². The van der Waals surface area contributed by atoms with Crippen LogP contribution in [0.5, 0.6) is 0 Å². The Bertz CT molecular complexity index is 762. The molecule has 0 bridgehead atoms. The highest BCUT2D eigenvalue weighted by Gasteiger charge is 2.30. The molecule has 1 aliphatic rings. The van der Waals surface area contributed by atoms with E-state index in [-0.39, 0.29) is 11.9 Å². The maximum atomic E-state index is 12.7. The number of aromatic nitrogens is 4. The van der Waals surface area contributed by atoms with Crippen molar-refractivity contribution in [2.45, 2.75) is 51.7 Å². The normalized spacial score (nSPS) is 18.4. The van der Waals surface area contributed by atoms with E-state index in [0.717, 1.165) is 32.2 Å². The summed E-state index contributed by atoms with van der Waals surface area (Å²) in [4.78, 5) is 27.0. The van der Waals surface area contributed by atoms with E-state index < -0.39 is 12.1 Å². The van der Waals surface area contributed by atoms with Crippen LogP contribution in [0.2, 0.25) is 0 Å². The Labute approximate surface area is 152 Å². The standard InChI is InChI=1S/C18H23N5O3/c1-3-15-8-4-5-10-22(15)17(24)13(2)26-18(25)14-7-6-9-16(11-14)23-12-19-20-21-23/h6-7,9,11-13,15H,3-5,8,10H2,1-2H3/t13-,15+/m1/s1. The van der Waals surface area contributed by atoms with Crippen LogP contribution in [0.4, 0.5) is 0 Å². The Morgan fingerprint density at radius 2 is 2.19 bits per heavy atom. The number of benzene rings is 1. The Morgan fingerprint density at radius 3 is 2.92 bits per heavy atom. The maximum Gasteiger partial charge on any atom is 0.338 e. The number of rotatable bonds is 5. The molecule has 26 heavy (non-hydrogen) atoms. The minimum absolute atomic E-state index is 0.124. The van der Waals surface area contributed by atoms with Crippen LogP contribution in [-0.4, -0.2) is 55.7 Å². The average molecular weight is 357 g/mol. The number of likely N-dealkylation sites (tertiary alicyclic amines) is 1. The summed E-state index contributed by atoms with van der Waals surface area (Å²) < 4.78 is 6.87. The lowest BCUT2D eigenvalue weighted by atomic mass is 9.99. The van der Waals surface area contributed by atoms with E-state index in [1.165, 1.54) is 11.0 Å². The van der Waals surface area contributed by atoms with E-state index in [1.54, 1.807) is 31.2 Å². The summed E-state index contributed by atoms with van der Waals surface area (Å²) in [5.74, 6) is -0.660. The number of esters is 1. The Balaban J connectivity index is 1.67. The van der Waals surface area contributed by atoms with Gasteiger partial charge in [0.2, 0.25) is 0 Å². The summed E-state index contributed by atoms with van der Waals surface area (Å²) in [6, 6.07) is 7.01. The van der Waals surface area contributed by atoms with Crippen molar-refractivity contribution in [1.82, 2.24) is 25.1 Å². The molecule has 1 fully saturated rings. The molecular formula is C18H23N5O3. The van der Waals surface area contributed by atoms with Crippen LogP contribution in [0.15, 0.2) is 30.6 Å². The van der Waals surface area contributed by atoms with Gasteiger partial charge in [-0.1, -0.05) is 13.0 Å². The molecule has 2 aromatic rings. The lowest BCUT2D eigenvalue weighted by Gasteiger charge is -2.36. The highest BCUT2D eigenvalue weighted by Crippen LogP contribution is 2.21. The van der Waals surface area contributed by atoms with Gasteiger partial charge in [-0.2, -0.15) is 0 Å². The minimum Gasteiger partial charge on any atom is -0.449 e. The van der Waals surface area contributed by atoms with Crippen molar-refractivity contribution in [3.05, 3.63) is 36.2 Å². The van der Waals surface area contributed by atoms with E-state index in [9.17, 15) is 9.59 Å². The number of amides is 1. The van der Waals surface area contributed by atoms with Crippen molar-refractivity contribution < 1.29 is 14.3 Å². The molecule has 1 amide bonds. The van der Waals surface area contributed by atoms with Crippen LogP contribution in [0.1, 0.15) is 49.9 Å². The van der Waals surface area contributed by atoms with Gasteiger partial charge in [-0.05, 0) is 61.2 Å². The van der Waals surface area contributed by atoms with E-state index in [1.807, 2.05) is 4.90 Å². The molecule has 8 heteroatoms. The van der Waals surface area contributed by atoms with Gasteiger partial charge in [-0.15, -0.1) is 5.10 Å². The largest absolute Gasteiger partial charge is 0.449 e. The van der Waals surface area contributed by atoms with E-state index >= 15 is 0 Å². The fraction of sp³-hybridized carbons (Fsp3) is 0.500.